The topological polar surface area (TPSA) is 100 Å². The molecule has 0 atom stereocenters. The second-order valence-electron chi connectivity index (χ2n) is 7.80. The number of halogens is 1. The molecule has 7 nitrogen and oxygen atoms in total. The molecule has 36 heavy (non-hydrogen) atoms. The van der Waals surface area contributed by atoms with Gasteiger partial charge in [0.05, 0.1) is 11.6 Å². The molecule has 0 heterocycles. The summed E-state index contributed by atoms with van der Waals surface area (Å²) >= 11 is 6.43. The number of aryl methyl sites for hydroxylation is 1. The van der Waals surface area contributed by atoms with E-state index in [1.165, 1.54) is 6.08 Å². The Kier molecular flexibility index (Phi) is 9.49. The molecule has 0 bridgehead atoms. The van der Waals surface area contributed by atoms with Crippen LogP contribution in [-0.4, -0.2) is 25.0 Å². The second-order valence-corrected chi connectivity index (χ2v) is 8.21. The first kappa shape index (κ1) is 26.3. The Hall–Kier alpha value is -4.28. The third-order valence-corrected chi connectivity index (χ3v) is 5.27. The van der Waals surface area contributed by atoms with Gasteiger partial charge in [0, 0.05) is 12.2 Å². The Morgan fingerprint density at radius 2 is 1.78 bits per heavy atom. The predicted octanol–water partition coefficient (Wildman–Crippen LogP) is 5.29. The highest BCUT2D eigenvalue weighted by Crippen LogP contribution is 2.37. The van der Waals surface area contributed by atoms with Crippen molar-refractivity contribution in [2.75, 3.05) is 18.5 Å². The second kappa shape index (κ2) is 13.0. The molecule has 8 heteroatoms. The molecule has 0 aliphatic carbocycles. The number of hydrogen-bond donors (Lipinski definition) is 2. The number of nitrogens with one attached hydrogen (secondary N) is 2. The fraction of sp³-hybridized carbons (Fsp3) is 0.179. The van der Waals surface area contributed by atoms with Gasteiger partial charge in [0.15, 0.2) is 18.1 Å². The summed E-state index contributed by atoms with van der Waals surface area (Å²) in [5.74, 6) is -0.380. The molecule has 0 fully saturated rings. The normalized spacial score (nSPS) is 10.8. The van der Waals surface area contributed by atoms with Gasteiger partial charge in [-0.25, -0.2) is 0 Å². The molecule has 184 valence electrons. The van der Waals surface area contributed by atoms with Gasteiger partial charge in [-0.15, -0.1) is 0 Å². The zero-order valence-electron chi connectivity index (χ0n) is 20.0. The first-order chi connectivity index (χ1) is 17.4. The molecule has 0 saturated carbocycles. The highest BCUT2D eigenvalue weighted by molar-refractivity contribution is 6.32. The van der Waals surface area contributed by atoms with E-state index in [1.807, 2.05) is 55.5 Å². The van der Waals surface area contributed by atoms with Gasteiger partial charge >= 0.3 is 0 Å². The minimum Gasteiger partial charge on any atom is -0.490 e. The molecular weight excluding hydrogens is 478 g/mol. The van der Waals surface area contributed by atoms with Crippen molar-refractivity contribution in [1.29, 1.82) is 5.26 Å². The van der Waals surface area contributed by atoms with E-state index >= 15 is 0 Å². The highest BCUT2D eigenvalue weighted by Gasteiger charge is 2.16. The summed E-state index contributed by atoms with van der Waals surface area (Å²) < 4.78 is 11.3. The number of hydrogen-bond acceptors (Lipinski definition) is 5. The van der Waals surface area contributed by atoms with Crippen LogP contribution in [0.3, 0.4) is 0 Å². The molecule has 0 spiro atoms. The average Bonchev–Trinajstić information content (AvgIpc) is 2.87. The van der Waals surface area contributed by atoms with Crippen LogP contribution in [0.1, 0.15) is 23.6 Å². The first-order valence-electron chi connectivity index (χ1n) is 11.3. The van der Waals surface area contributed by atoms with E-state index in [4.69, 9.17) is 21.1 Å². The van der Waals surface area contributed by atoms with E-state index in [2.05, 4.69) is 10.6 Å². The van der Waals surface area contributed by atoms with Crippen molar-refractivity contribution in [2.24, 2.45) is 0 Å². The van der Waals surface area contributed by atoms with Crippen molar-refractivity contribution in [2.45, 2.75) is 20.4 Å². The maximum atomic E-state index is 12.5. The fourth-order valence-electron chi connectivity index (χ4n) is 3.23. The summed E-state index contributed by atoms with van der Waals surface area (Å²) in [7, 11) is 0. The van der Waals surface area contributed by atoms with Crippen LogP contribution in [0, 0.1) is 18.3 Å². The van der Waals surface area contributed by atoms with E-state index in [0.717, 1.165) is 11.1 Å². The summed E-state index contributed by atoms with van der Waals surface area (Å²) in [6.07, 6.45) is 1.42. The number of nitrogens with zero attached hydrogens (tertiary/aromatic N) is 1. The Morgan fingerprint density at radius 1 is 1.06 bits per heavy atom. The van der Waals surface area contributed by atoms with E-state index in [0.29, 0.717) is 30.2 Å². The summed E-state index contributed by atoms with van der Waals surface area (Å²) in [5.41, 5.74) is 3.04. The lowest BCUT2D eigenvalue weighted by atomic mass is 10.1. The van der Waals surface area contributed by atoms with Crippen LogP contribution in [0.2, 0.25) is 5.02 Å². The van der Waals surface area contributed by atoms with Gasteiger partial charge < -0.3 is 20.1 Å². The molecular formula is C28H26ClN3O4. The molecule has 2 amide bonds. The van der Waals surface area contributed by atoms with Crippen LogP contribution in [0.25, 0.3) is 6.08 Å². The van der Waals surface area contributed by atoms with Crippen molar-refractivity contribution in [1.82, 2.24) is 5.32 Å². The molecule has 2 N–H and O–H groups in total. The minimum atomic E-state index is -0.511. The smallest absolute Gasteiger partial charge is 0.262 e. The Bertz CT molecular complexity index is 1280. The summed E-state index contributed by atoms with van der Waals surface area (Å²) in [5, 5.41) is 15.2. The van der Waals surface area contributed by atoms with Crippen LogP contribution in [0.4, 0.5) is 5.69 Å². The zero-order valence-corrected chi connectivity index (χ0v) is 20.8. The third kappa shape index (κ3) is 7.62. The first-order valence-corrected chi connectivity index (χ1v) is 11.7. The van der Waals surface area contributed by atoms with E-state index in [1.54, 1.807) is 31.2 Å². The number of ether oxygens (including phenoxy) is 2. The minimum absolute atomic E-state index is 0.0874. The Morgan fingerprint density at radius 3 is 2.44 bits per heavy atom. The average molecular weight is 504 g/mol. The number of rotatable bonds is 10. The van der Waals surface area contributed by atoms with E-state index in [-0.39, 0.29) is 28.9 Å². The van der Waals surface area contributed by atoms with Gasteiger partial charge in [0.1, 0.15) is 11.6 Å². The molecule has 0 unspecified atom stereocenters. The Labute approximate surface area is 215 Å². The number of nitriles is 1. The van der Waals surface area contributed by atoms with Crippen LogP contribution in [0.15, 0.2) is 72.3 Å². The number of amides is 2. The SMILES string of the molecule is CCOc1cc(/C=C(\C#N)C(=O)NCc2ccccc2)cc(Cl)c1OCC(=O)Nc1ccc(C)cc1. The Balaban J connectivity index is 1.72. The van der Waals surface area contributed by atoms with Crippen LogP contribution < -0.4 is 20.1 Å². The fourth-order valence-corrected chi connectivity index (χ4v) is 3.51. The molecule has 3 aromatic carbocycles. The van der Waals surface area contributed by atoms with Crippen LogP contribution in [-0.2, 0) is 16.1 Å². The molecule has 0 radical (unpaired) electrons. The standard InChI is InChI=1S/C28H26ClN3O4/c1-3-35-25-15-21(13-22(16-30)28(34)31-17-20-7-5-4-6-8-20)14-24(29)27(25)36-18-26(33)32-23-11-9-19(2)10-12-23/h4-15H,3,17-18H2,1-2H3,(H,31,34)(H,32,33)/b22-13+. The number of anilines is 1. The zero-order chi connectivity index (χ0) is 25.9. The lowest BCUT2D eigenvalue weighted by Crippen LogP contribution is -2.23. The number of carbonyl (C=O) groups excluding carboxylic acids is 2. The van der Waals surface area contributed by atoms with Gasteiger partial charge in [-0.1, -0.05) is 59.6 Å². The molecule has 3 aromatic rings. The van der Waals surface area contributed by atoms with Crippen molar-refractivity contribution >= 4 is 35.2 Å². The van der Waals surface area contributed by atoms with Crippen molar-refractivity contribution in [3.8, 4) is 17.6 Å². The monoisotopic (exact) mass is 503 g/mol. The van der Waals surface area contributed by atoms with Crippen LogP contribution in [0.5, 0.6) is 11.5 Å². The van der Waals surface area contributed by atoms with Gasteiger partial charge in [0.25, 0.3) is 11.8 Å². The maximum absolute atomic E-state index is 12.5. The van der Waals surface area contributed by atoms with E-state index < -0.39 is 5.91 Å². The van der Waals surface area contributed by atoms with Crippen molar-refractivity contribution < 1.29 is 19.1 Å². The molecule has 0 aliphatic rings. The quantitative estimate of drug-likeness (QED) is 0.289. The van der Waals surface area contributed by atoms with Crippen LogP contribution >= 0.6 is 11.6 Å². The largest absolute Gasteiger partial charge is 0.490 e. The summed E-state index contributed by atoms with van der Waals surface area (Å²) in [6, 6.07) is 21.8. The molecule has 0 aliphatic heterocycles. The highest BCUT2D eigenvalue weighted by atomic mass is 35.5. The van der Waals surface area contributed by atoms with E-state index in [9.17, 15) is 14.9 Å². The van der Waals surface area contributed by atoms with Gasteiger partial charge in [0.2, 0.25) is 0 Å². The predicted molar refractivity (Wildman–Crippen MR) is 140 cm³/mol. The summed E-state index contributed by atoms with van der Waals surface area (Å²) in [4.78, 5) is 24.9. The third-order valence-electron chi connectivity index (χ3n) is 4.99. The molecule has 0 saturated heterocycles. The molecule has 3 rings (SSSR count). The molecule has 0 aromatic heterocycles. The van der Waals surface area contributed by atoms with Gasteiger partial charge in [-0.05, 0) is 55.3 Å². The number of benzene rings is 3. The van der Waals surface area contributed by atoms with Crippen molar-refractivity contribution in [3.05, 3.63) is 94.0 Å². The van der Waals surface area contributed by atoms with Crippen molar-refractivity contribution in [3.63, 3.8) is 0 Å². The lowest BCUT2D eigenvalue weighted by Gasteiger charge is -2.15. The lowest BCUT2D eigenvalue weighted by molar-refractivity contribution is -0.118. The van der Waals surface area contributed by atoms with Gasteiger partial charge in [-0.3, -0.25) is 9.59 Å². The maximum Gasteiger partial charge on any atom is 0.262 e. The van der Waals surface area contributed by atoms with Gasteiger partial charge in [-0.2, -0.15) is 5.26 Å². The number of carbonyl (C=O) groups is 2. The summed E-state index contributed by atoms with van der Waals surface area (Å²) in [6.45, 7) is 4.08.